The van der Waals surface area contributed by atoms with Crippen LogP contribution >= 0.6 is 0 Å². The normalized spacial score (nSPS) is 16.7. The molecule has 2 rings (SSSR count). The lowest BCUT2D eigenvalue weighted by Crippen LogP contribution is -2.19. The third-order valence-corrected chi connectivity index (χ3v) is 3.96. The number of rotatable bonds is 6. The first kappa shape index (κ1) is 13.4. The summed E-state index contributed by atoms with van der Waals surface area (Å²) < 4.78 is 5.52. The molecule has 18 heavy (non-hydrogen) atoms. The van der Waals surface area contributed by atoms with Crippen LogP contribution in [0, 0.1) is 13.8 Å². The lowest BCUT2D eigenvalue weighted by atomic mass is 9.93. The van der Waals surface area contributed by atoms with Gasteiger partial charge in [0.2, 0.25) is 0 Å². The van der Waals surface area contributed by atoms with Crippen molar-refractivity contribution < 1.29 is 4.74 Å². The highest BCUT2D eigenvalue weighted by molar-refractivity contribution is 5.43. The number of benzene rings is 1. The monoisotopic (exact) mass is 247 g/mol. The maximum atomic E-state index is 5.52. The third kappa shape index (κ3) is 3.26. The largest absolute Gasteiger partial charge is 0.496 e. The molecule has 1 fully saturated rings. The third-order valence-electron chi connectivity index (χ3n) is 3.96. The van der Waals surface area contributed by atoms with Gasteiger partial charge in [-0.05, 0) is 68.3 Å². The Morgan fingerprint density at radius 3 is 2.56 bits per heavy atom. The van der Waals surface area contributed by atoms with E-state index in [0.717, 1.165) is 18.3 Å². The number of nitrogens with one attached hydrogen (secondary N) is 1. The standard InChI is InChI=1S/C16H25NO/c1-11(7-8-17-14-5-6-14)15-9-12(2)13(3)10-16(15)18-4/h9-11,14,17H,5-8H2,1-4H3. The lowest BCUT2D eigenvalue weighted by Gasteiger charge is -2.18. The van der Waals surface area contributed by atoms with Gasteiger partial charge in [0.05, 0.1) is 7.11 Å². The number of aryl methyl sites for hydroxylation is 2. The summed E-state index contributed by atoms with van der Waals surface area (Å²) in [5, 5.41) is 3.58. The van der Waals surface area contributed by atoms with Gasteiger partial charge in [-0.2, -0.15) is 0 Å². The minimum atomic E-state index is 0.547. The van der Waals surface area contributed by atoms with Crippen molar-refractivity contribution in [1.82, 2.24) is 5.32 Å². The molecule has 2 nitrogen and oxygen atoms in total. The molecule has 0 spiro atoms. The summed E-state index contributed by atoms with van der Waals surface area (Å²) in [6.45, 7) is 7.72. The predicted octanol–water partition coefficient (Wildman–Crippen LogP) is 3.56. The van der Waals surface area contributed by atoms with E-state index in [1.54, 1.807) is 7.11 Å². The molecule has 1 aromatic carbocycles. The van der Waals surface area contributed by atoms with Crippen molar-refractivity contribution in [3.8, 4) is 5.75 Å². The number of hydrogen-bond acceptors (Lipinski definition) is 2. The minimum Gasteiger partial charge on any atom is -0.496 e. The van der Waals surface area contributed by atoms with E-state index in [1.165, 1.54) is 36.0 Å². The molecule has 0 heterocycles. The molecule has 1 unspecified atom stereocenters. The van der Waals surface area contributed by atoms with E-state index in [4.69, 9.17) is 4.74 Å². The fraction of sp³-hybridized carbons (Fsp3) is 0.625. The molecule has 1 N–H and O–H groups in total. The molecular formula is C16H25NO. The van der Waals surface area contributed by atoms with E-state index in [1.807, 2.05) is 0 Å². The van der Waals surface area contributed by atoms with Crippen molar-refractivity contribution in [3.05, 3.63) is 28.8 Å². The molecule has 0 radical (unpaired) electrons. The Labute approximate surface area is 111 Å². The molecule has 1 atom stereocenters. The van der Waals surface area contributed by atoms with E-state index in [9.17, 15) is 0 Å². The van der Waals surface area contributed by atoms with Crippen LogP contribution in [0.5, 0.6) is 5.75 Å². The van der Waals surface area contributed by atoms with Crippen LogP contribution in [0.3, 0.4) is 0 Å². The Morgan fingerprint density at radius 1 is 1.28 bits per heavy atom. The second kappa shape index (κ2) is 5.75. The minimum absolute atomic E-state index is 0.547. The van der Waals surface area contributed by atoms with Gasteiger partial charge >= 0.3 is 0 Å². The zero-order valence-electron chi connectivity index (χ0n) is 12.0. The molecule has 0 bridgehead atoms. The fourth-order valence-corrected chi connectivity index (χ4v) is 2.32. The highest BCUT2D eigenvalue weighted by Crippen LogP contribution is 2.31. The fourth-order valence-electron chi connectivity index (χ4n) is 2.32. The summed E-state index contributed by atoms with van der Waals surface area (Å²) in [6.07, 6.45) is 3.90. The molecule has 1 aliphatic carbocycles. The molecule has 1 saturated carbocycles. The average Bonchev–Trinajstić information content (AvgIpc) is 3.16. The lowest BCUT2D eigenvalue weighted by molar-refractivity contribution is 0.404. The SMILES string of the molecule is COc1cc(C)c(C)cc1C(C)CCNC1CC1. The van der Waals surface area contributed by atoms with Gasteiger partial charge in [-0.3, -0.25) is 0 Å². The van der Waals surface area contributed by atoms with Crippen molar-refractivity contribution in [2.75, 3.05) is 13.7 Å². The van der Waals surface area contributed by atoms with Crippen LogP contribution in [0.25, 0.3) is 0 Å². The first-order valence-electron chi connectivity index (χ1n) is 7.00. The quantitative estimate of drug-likeness (QED) is 0.830. The maximum Gasteiger partial charge on any atom is 0.122 e. The van der Waals surface area contributed by atoms with Crippen LogP contribution in [-0.2, 0) is 0 Å². The number of hydrogen-bond donors (Lipinski definition) is 1. The van der Waals surface area contributed by atoms with Gasteiger partial charge in [0.1, 0.15) is 5.75 Å². The summed E-state index contributed by atoms with van der Waals surface area (Å²) in [5.74, 6) is 1.59. The highest BCUT2D eigenvalue weighted by Gasteiger charge is 2.20. The number of methoxy groups -OCH3 is 1. The van der Waals surface area contributed by atoms with Gasteiger partial charge in [-0.1, -0.05) is 13.0 Å². The molecule has 0 amide bonds. The van der Waals surface area contributed by atoms with Crippen molar-refractivity contribution in [2.45, 2.75) is 52.0 Å². The number of ether oxygens (including phenoxy) is 1. The van der Waals surface area contributed by atoms with Gasteiger partial charge in [0, 0.05) is 6.04 Å². The van der Waals surface area contributed by atoms with E-state index < -0.39 is 0 Å². The van der Waals surface area contributed by atoms with Crippen LogP contribution in [0.15, 0.2) is 12.1 Å². The first-order valence-corrected chi connectivity index (χ1v) is 7.00. The van der Waals surface area contributed by atoms with Crippen LogP contribution in [0.4, 0.5) is 0 Å². The molecule has 0 aromatic heterocycles. The van der Waals surface area contributed by atoms with Crippen LogP contribution in [0.2, 0.25) is 0 Å². The summed E-state index contributed by atoms with van der Waals surface area (Å²) in [5.41, 5.74) is 4.00. The van der Waals surface area contributed by atoms with Crippen molar-refractivity contribution in [2.24, 2.45) is 0 Å². The van der Waals surface area contributed by atoms with Crippen molar-refractivity contribution in [1.29, 1.82) is 0 Å². The Kier molecular flexibility index (Phi) is 4.28. The van der Waals surface area contributed by atoms with Gasteiger partial charge in [-0.15, -0.1) is 0 Å². The molecule has 0 saturated heterocycles. The summed E-state index contributed by atoms with van der Waals surface area (Å²) in [7, 11) is 1.77. The van der Waals surface area contributed by atoms with E-state index in [0.29, 0.717) is 5.92 Å². The summed E-state index contributed by atoms with van der Waals surface area (Å²) >= 11 is 0. The maximum absolute atomic E-state index is 5.52. The van der Waals surface area contributed by atoms with Crippen molar-refractivity contribution in [3.63, 3.8) is 0 Å². The second-order valence-corrected chi connectivity index (χ2v) is 5.60. The Balaban J connectivity index is 2.02. The zero-order chi connectivity index (χ0) is 13.1. The second-order valence-electron chi connectivity index (χ2n) is 5.60. The Bertz CT molecular complexity index is 410. The van der Waals surface area contributed by atoms with Gasteiger partial charge in [-0.25, -0.2) is 0 Å². The molecule has 100 valence electrons. The van der Waals surface area contributed by atoms with Gasteiger partial charge in [0.15, 0.2) is 0 Å². The summed E-state index contributed by atoms with van der Waals surface area (Å²) in [6, 6.07) is 5.25. The van der Waals surface area contributed by atoms with Crippen LogP contribution in [-0.4, -0.2) is 19.7 Å². The van der Waals surface area contributed by atoms with E-state index in [2.05, 4.69) is 38.2 Å². The first-order chi connectivity index (χ1) is 8.61. The van der Waals surface area contributed by atoms with Crippen molar-refractivity contribution >= 4 is 0 Å². The predicted molar refractivity (Wildman–Crippen MR) is 76.5 cm³/mol. The van der Waals surface area contributed by atoms with Gasteiger partial charge in [0.25, 0.3) is 0 Å². The molecule has 1 aliphatic rings. The molecule has 1 aromatic rings. The zero-order valence-corrected chi connectivity index (χ0v) is 12.0. The average molecular weight is 247 g/mol. The van der Waals surface area contributed by atoms with Crippen LogP contribution < -0.4 is 10.1 Å². The summed E-state index contributed by atoms with van der Waals surface area (Å²) in [4.78, 5) is 0. The smallest absolute Gasteiger partial charge is 0.122 e. The Hall–Kier alpha value is -1.02. The highest BCUT2D eigenvalue weighted by atomic mass is 16.5. The molecule has 2 heteroatoms. The van der Waals surface area contributed by atoms with E-state index in [-0.39, 0.29) is 0 Å². The molecular weight excluding hydrogens is 222 g/mol. The van der Waals surface area contributed by atoms with Crippen LogP contribution in [0.1, 0.15) is 48.8 Å². The molecule has 0 aliphatic heterocycles. The van der Waals surface area contributed by atoms with Gasteiger partial charge < -0.3 is 10.1 Å². The van der Waals surface area contributed by atoms with E-state index >= 15 is 0 Å². The topological polar surface area (TPSA) is 21.3 Å². The Morgan fingerprint density at radius 2 is 1.94 bits per heavy atom.